The summed E-state index contributed by atoms with van der Waals surface area (Å²) in [5.41, 5.74) is 0.774. The third-order valence-electron chi connectivity index (χ3n) is 1.29. The molecule has 0 aromatic heterocycles. The Kier molecular flexibility index (Phi) is 2.86. The molecule has 0 fully saturated rings. The molecular formula is C8H8FO2. The predicted octanol–water partition coefficient (Wildman–Crippen LogP) is 1.65. The Labute approximate surface area is 64.2 Å². The van der Waals surface area contributed by atoms with Gasteiger partial charge in [0.15, 0.2) is 0 Å². The standard InChI is InChI=1S/C8H8FO2/c9-6-11-8-3-1-7(5-10)2-4-8/h1-4,6,10H,5H2. The van der Waals surface area contributed by atoms with E-state index in [1.807, 2.05) is 0 Å². The van der Waals surface area contributed by atoms with Gasteiger partial charge in [-0.05, 0) is 17.7 Å². The Hall–Kier alpha value is -1.09. The van der Waals surface area contributed by atoms with Crippen LogP contribution in [0, 0.1) is 6.86 Å². The highest BCUT2D eigenvalue weighted by Crippen LogP contribution is 2.12. The van der Waals surface area contributed by atoms with Crippen LogP contribution in [0.3, 0.4) is 0 Å². The van der Waals surface area contributed by atoms with Crippen LogP contribution in [-0.2, 0) is 6.61 Å². The molecule has 0 aliphatic heterocycles. The number of ether oxygens (including phenoxy) is 1. The number of aliphatic hydroxyl groups is 1. The molecule has 0 aliphatic carbocycles. The quantitative estimate of drug-likeness (QED) is 0.719. The van der Waals surface area contributed by atoms with E-state index < -0.39 is 0 Å². The molecule has 0 aliphatic rings. The SMILES string of the molecule is OCc1ccc(O[CH]F)cc1. The number of hydrogen-bond acceptors (Lipinski definition) is 2. The maximum atomic E-state index is 11.5. The summed E-state index contributed by atoms with van der Waals surface area (Å²) in [7, 11) is 0. The first-order chi connectivity index (χ1) is 5.36. The summed E-state index contributed by atoms with van der Waals surface area (Å²) in [6.45, 7) is 0.105. The van der Waals surface area contributed by atoms with Crippen molar-refractivity contribution >= 4 is 0 Å². The van der Waals surface area contributed by atoms with Gasteiger partial charge in [-0.1, -0.05) is 12.1 Å². The lowest BCUT2D eigenvalue weighted by Gasteiger charge is -1.99. The molecule has 0 atom stereocenters. The minimum absolute atomic E-state index is 0.0143. The number of benzene rings is 1. The van der Waals surface area contributed by atoms with Crippen molar-refractivity contribution in [1.82, 2.24) is 0 Å². The molecule has 0 unspecified atom stereocenters. The molecule has 59 valence electrons. The van der Waals surface area contributed by atoms with Gasteiger partial charge in [-0.25, -0.2) is 0 Å². The normalized spacial score (nSPS) is 9.64. The third kappa shape index (κ3) is 2.20. The summed E-state index contributed by atoms with van der Waals surface area (Å²) in [5, 5.41) is 8.64. The lowest BCUT2D eigenvalue weighted by atomic mass is 10.2. The first-order valence-corrected chi connectivity index (χ1v) is 3.15. The summed E-state index contributed by atoms with van der Waals surface area (Å²) in [4.78, 5) is 0. The first-order valence-electron chi connectivity index (χ1n) is 3.15. The van der Waals surface area contributed by atoms with Crippen LogP contribution in [0.1, 0.15) is 5.56 Å². The molecule has 1 aromatic rings. The van der Waals surface area contributed by atoms with Gasteiger partial charge in [0.25, 0.3) is 0 Å². The lowest BCUT2D eigenvalue weighted by Crippen LogP contribution is -1.85. The zero-order valence-electron chi connectivity index (χ0n) is 5.83. The topological polar surface area (TPSA) is 29.5 Å². The summed E-state index contributed by atoms with van der Waals surface area (Å²) in [5.74, 6) is 0.421. The van der Waals surface area contributed by atoms with E-state index in [4.69, 9.17) is 5.11 Å². The van der Waals surface area contributed by atoms with E-state index in [1.165, 1.54) is 0 Å². The van der Waals surface area contributed by atoms with Crippen molar-refractivity contribution in [2.75, 3.05) is 0 Å². The van der Waals surface area contributed by atoms with Gasteiger partial charge in [0.05, 0.1) is 6.61 Å². The van der Waals surface area contributed by atoms with E-state index in [0.717, 1.165) is 5.56 Å². The van der Waals surface area contributed by atoms with Crippen molar-refractivity contribution in [2.24, 2.45) is 0 Å². The summed E-state index contributed by atoms with van der Waals surface area (Å²) >= 11 is 0. The van der Waals surface area contributed by atoms with Crippen LogP contribution in [-0.4, -0.2) is 5.11 Å². The molecular weight excluding hydrogens is 147 g/mol. The molecule has 0 saturated carbocycles. The van der Waals surface area contributed by atoms with Crippen molar-refractivity contribution in [3.05, 3.63) is 36.7 Å². The average molecular weight is 155 g/mol. The number of aliphatic hydroxyl groups excluding tert-OH is 1. The Morgan fingerprint density at radius 2 is 2.00 bits per heavy atom. The van der Waals surface area contributed by atoms with Gasteiger partial charge in [0.1, 0.15) is 5.75 Å². The summed E-state index contributed by atoms with van der Waals surface area (Å²) < 4.78 is 15.9. The Morgan fingerprint density at radius 3 is 2.45 bits per heavy atom. The monoisotopic (exact) mass is 155 g/mol. The second kappa shape index (κ2) is 3.93. The largest absolute Gasteiger partial charge is 0.454 e. The van der Waals surface area contributed by atoms with Crippen molar-refractivity contribution in [3.8, 4) is 5.75 Å². The predicted molar refractivity (Wildman–Crippen MR) is 38.4 cm³/mol. The molecule has 1 aromatic carbocycles. The Balaban J connectivity index is 2.66. The van der Waals surface area contributed by atoms with Crippen LogP contribution in [0.25, 0.3) is 0 Å². The van der Waals surface area contributed by atoms with Crippen molar-refractivity contribution in [2.45, 2.75) is 6.61 Å². The van der Waals surface area contributed by atoms with Crippen molar-refractivity contribution in [1.29, 1.82) is 0 Å². The van der Waals surface area contributed by atoms with Gasteiger partial charge >= 0.3 is 6.86 Å². The van der Waals surface area contributed by atoms with Crippen molar-refractivity contribution in [3.63, 3.8) is 0 Å². The van der Waals surface area contributed by atoms with Crippen LogP contribution < -0.4 is 4.74 Å². The Morgan fingerprint density at radius 1 is 1.36 bits per heavy atom. The van der Waals surface area contributed by atoms with E-state index in [1.54, 1.807) is 24.3 Å². The van der Waals surface area contributed by atoms with Gasteiger partial charge in [-0.3, -0.25) is 0 Å². The molecule has 11 heavy (non-hydrogen) atoms. The maximum Gasteiger partial charge on any atom is 0.304 e. The highest BCUT2D eigenvalue weighted by Gasteiger charge is 1.92. The van der Waals surface area contributed by atoms with E-state index in [-0.39, 0.29) is 13.5 Å². The minimum atomic E-state index is -0.0143. The fourth-order valence-electron chi connectivity index (χ4n) is 0.725. The number of rotatable bonds is 3. The zero-order chi connectivity index (χ0) is 8.10. The molecule has 0 bridgehead atoms. The fraction of sp³-hybridized carbons (Fsp3) is 0.125. The Bertz CT molecular complexity index is 208. The van der Waals surface area contributed by atoms with Gasteiger partial charge in [-0.15, -0.1) is 0 Å². The average Bonchev–Trinajstić information content (AvgIpc) is 2.07. The van der Waals surface area contributed by atoms with Gasteiger partial charge in [-0.2, -0.15) is 4.39 Å². The van der Waals surface area contributed by atoms with Crippen LogP contribution in [0.15, 0.2) is 24.3 Å². The third-order valence-corrected chi connectivity index (χ3v) is 1.29. The number of halogens is 1. The first kappa shape index (κ1) is 8.01. The lowest BCUT2D eigenvalue weighted by molar-refractivity contribution is 0.279. The molecule has 0 heterocycles. The zero-order valence-corrected chi connectivity index (χ0v) is 5.83. The van der Waals surface area contributed by atoms with Gasteiger partial charge in [0, 0.05) is 0 Å². The molecule has 0 saturated heterocycles. The minimum Gasteiger partial charge on any atom is -0.454 e. The smallest absolute Gasteiger partial charge is 0.304 e. The van der Waals surface area contributed by atoms with Gasteiger partial charge in [0.2, 0.25) is 0 Å². The van der Waals surface area contributed by atoms with Crippen LogP contribution in [0.5, 0.6) is 5.75 Å². The van der Waals surface area contributed by atoms with E-state index in [9.17, 15) is 4.39 Å². The molecule has 0 spiro atoms. The molecule has 0 amide bonds. The van der Waals surface area contributed by atoms with Crippen molar-refractivity contribution < 1.29 is 14.2 Å². The van der Waals surface area contributed by atoms with Crippen LogP contribution in [0.4, 0.5) is 4.39 Å². The highest BCUT2D eigenvalue weighted by atomic mass is 19.1. The highest BCUT2D eigenvalue weighted by molar-refractivity contribution is 5.26. The van der Waals surface area contributed by atoms with E-state index >= 15 is 0 Å². The van der Waals surface area contributed by atoms with Crippen LogP contribution in [0.2, 0.25) is 0 Å². The summed E-state index contributed by atoms with van der Waals surface area (Å²) in [6, 6.07) is 6.50. The fourth-order valence-corrected chi connectivity index (χ4v) is 0.725. The molecule has 1 radical (unpaired) electrons. The molecule has 2 nitrogen and oxygen atoms in total. The van der Waals surface area contributed by atoms with Crippen LogP contribution >= 0.6 is 0 Å². The molecule has 3 heteroatoms. The maximum absolute atomic E-state index is 11.5. The van der Waals surface area contributed by atoms with Gasteiger partial charge < -0.3 is 9.84 Å². The van der Waals surface area contributed by atoms with E-state index in [2.05, 4.69) is 4.74 Å². The second-order valence-corrected chi connectivity index (χ2v) is 2.01. The molecule has 1 rings (SSSR count). The van der Waals surface area contributed by atoms with E-state index in [0.29, 0.717) is 5.75 Å². The summed E-state index contributed by atoms with van der Waals surface area (Å²) in [6.07, 6.45) is 0. The molecule has 1 N–H and O–H groups in total. The number of hydrogen-bond donors (Lipinski definition) is 1. The second-order valence-electron chi connectivity index (χ2n) is 2.01.